The van der Waals surface area contributed by atoms with Crippen LogP contribution in [0.15, 0.2) is 42.2 Å². The molecule has 1 aliphatic rings. The molecule has 1 heterocycles. The number of hydrazine groups is 2. The van der Waals surface area contributed by atoms with Gasteiger partial charge in [-0.3, -0.25) is 43.4 Å². The highest BCUT2D eigenvalue weighted by Gasteiger charge is 2.33. The number of nitrogens with two attached hydrogens (primary N) is 1. The van der Waals surface area contributed by atoms with E-state index in [9.17, 15) is 43.5 Å². The zero-order valence-electron chi connectivity index (χ0n) is 42.1. The maximum absolute atomic E-state index is 14.2. The van der Waals surface area contributed by atoms with Gasteiger partial charge in [-0.15, -0.1) is 5.53 Å². The molecule has 0 radical (unpaired) electrons. The first kappa shape index (κ1) is 59.3. The monoisotopic (exact) mass is 972 g/mol. The molecule has 1 aliphatic heterocycles. The fourth-order valence-corrected chi connectivity index (χ4v) is 7.35. The van der Waals surface area contributed by atoms with E-state index in [1.54, 1.807) is 41.5 Å². The molecule has 0 saturated carbocycles. The number of nitrogens with one attached hydrogen (secondary N) is 9. The van der Waals surface area contributed by atoms with Crippen LogP contribution in [0.4, 0.5) is 0 Å². The summed E-state index contributed by atoms with van der Waals surface area (Å²) in [5, 5.41) is 31.5. The maximum atomic E-state index is 14.2. The second-order valence-corrected chi connectivity index (χ2v) is 18.2. The van der Waals surface area contributed by atoms with E-state index in [1.165, 1.54) is 25.7 Å². The molecule has 0 aliphatic carbocycles. The van der Waals surface area contributed by atoms with Gasteiger partial charge in [0.25, 0.3) is 0 Å². The Morgan fingerprint density at radius 2 is 1.41 bits per heavy atom. The molecule has 0 fully saturated rings. The summed E-state index contributed by atoms with van der Waals surface area (Å²) in [7, 11) is 1.85. The van der Waals surface area contributed by atoms with Crippen LogP contribution in [0, 0.1) is 5.92 Å². The summed E-state index contributed by atoms with van der Waals surface area (Å²) in [6.45, 7) is 16.7. The number of unbranched alkanes of at least 4 members (excludes halogenated alkanes) is 1. The normalized spacial score (nSPS) is 14.9. The number of benzene rings is 1. The number of hydrogen-bond donors (Lipinski definition) is 11. The molecule has 22 heteroatoms. The van der Waals surface area contributed by atoms with Crippen molar-refractivity contribution < 1.29 is 43.5 Å². The number of nitrogens with zero attached hydrogens (tertiary/aromatic N) is 3. The Hall–Kier alpha value is -5.84. The largest absolute Gasteiger partial charge is 0.391 e. The number of primary amides is 1. The highest BCUT2D eigenvalue weighted by Crippen LogP contribution is 2.11. The maximum Gasteiger partial charge on any atom is 0.245 e. The van der Waals surface area contributed by atoms with E-state index in [4.69, 9.17) is 5.73 Å². The number of carbonyl (C=O) groups is 8. The Balaban J connectivity index is 2.25. The average Bonchev–Trinajstić information content (AvgIpc) is 3.73. The van der Waals surface area contributed by atoms with Crippen LogP contribution in [0.5, 0.6) is 0 Å². The van der Waals surface area contributed by atoms with Crippen LogP contribution in [-0.2, 0) is 44.8 Å². The van der Waals surface area contributed by atoms with Crippen LogP contribution < -0.4 is 53.9 Å². The van der Waals surface area contributed by atoms with E-state index in [-0.39, 0.29) is 63.2 Å². The minimum Gasteiger partial charge on any atom is -0.391 e. The second kappa shape index (κ2) is 31.3. The van der Waals surface area contributed by atoms with Gasteiger partial charge in [-0.05, 0) is 98.5 Å². The summed E-state index contributed by atoms with van der Waals surface area (Å²) >= 11 is 0. The highest BCUT2D eigenvalue weighted by molar-refractivity contribution is 5.96. The fraction of sp³-hybridized carbons (Fsp3) is 0.660. The van der Waals surface area contributed by atoms with Crippen LogP contribution in [0.2, 0.25) is 0 Å². The molecule has 1 unspecified atom stereocenters. The Labute approximate surface area is 407 Å². The lowest BCUT2D eigenvalue weighted by molar-refractivity contribution is -0.136. The van der Waals surface area contributed by atoms with E-state index in [2.05, 4.69) is 73.8 Å². The summed E-state index contributed by atoms with van der Waals surface area (Å²) in [5.74, 6) is -5.02. The SMILES string of the molecule is CCN(CCCC[C@H](NC(=O)[C@H](Cc1ccccc1)NC(=O)[C@H](C)NC(=O)[C@H](C)NC(=O)CC(C)C)C(=O)NC(C(=O)NCCC(=O)N(CC(N)=O)CC1=CN(CCCNC)NN1)[C@@H](C)O)C(C)C. The molecule has 69 heavy (non-hydrogen) atoms. The van der Waals surface area contributed by atoms with Crippen LogP contribution >= 0.6 is 0 Å². The molecule has 0 spiro atoms. The fourth-order valence-electron chi connectivity index (χ4n) is 7.35. The van der Waals surface area contributed by atoms with Gasteiger partial charge in [0.05, 0.1) is 24.9 Å². The van der Waals surface area contributed by atoms with Crippen molar-refractivity contribution in [3.05, 3.63) is 47.8 Å². The van der Waals surface area contributed by atoms with Gasteiger partial charge in [0.2, 0.25) is 47.3 Å². The molecule has 0 aromatic heterocycles. The molecular weight excluding hydrogens is 891 g/mol. The topological polar surface area (TPSA) is 301 Å². The minimum absolute atomic E-state index is 0.0175. The first-order chi connectivity index (χ1) is 32.6. The van der Waals surface area contributed by atoms with Gasteiger partial charge < -0.3 is 63.3 Å². The third kappa shape index (κ3) is 22.9. The van der Waals surface area contributed by atoms with Crippen molar-refractivity contribution >= 4 is 47.3 Å². The quantitative estimate of drug-likeness (QED) is 0.0362. The zero-order valence-corrected chi connectivity index (χ0v) is 42.1. The first-order valence-electron chi connectivity index (χ1n) is 24.1. The van der Waals surface area contributed by atoms with Crippen molar-refractivity contribution in [3.63, 3.8) is 0 Å². The molecule has 0 saturated heterocycles. The van der Waals surface area contributed by atoms with Crippen molar-refractivity contribution in [2.45, 2.75) is 143 Å². The summed E-state index contributed by atoms with van der Waals surface area (Å²) < 4.78 is 0. The predicted octanol–water partition coefficient (Wildman–Crippen LogP) is -1.38. The Bertz CT molecular complexity index is 1850. The van der Waals surface area contributed by atoms with Crippen molar-refractivity contribution in [3.8, 4) is 0 Å². The van der Waals surface area contributed by atoms with E-state index in [0.717, 1.165) is 26.1 Å². The number of amides is 8. The van der Waals surface area contributed by atoms with Gasteiger partial charge in [-0.25, -0.2) is 0 Å². The molecule has 388 valence electrons. The number of hydrogen-bond acceptors (Lipinski definition) is 14. The first-order valence-corrected chi connectivity index (χ1v) is 24.1. The second-order valence-electron chi connectivity index (χ2n) is 18.2. The van der Waals surface area contributed by atoms with E-state index in [1.807, 2.05) is 20.9 Å². The highest BCUT2D eigenvalue weighted by atomic mass is 16.3. The lowest BCUT2D eigenvalue weighted by atomic mass is 10.0. The summed E-state index contributed by atoms with van der Waals surface area (Å²) in [6, 6.07) is 3.17. The molecule has 1 aromatic rings. The molecule has 22 nitrogen and oxygen atoms in total. The van der Waals surface area contributed by atoms with E-state index in [0.29, 0.717) is 30.6 Å². The van der Waals surface area contributed by atoms with Crippen molar-refractivity contribution in [1.82, 2.24) is 63.0 Å². The standard InChI is InChI=1S/C47H81N13O9/c1-10-58(31(4)5)23-15-14-19-37(53-46(68)38(26-35-17-12-11-13-18-35)54-44(66)33(7)52-43(65)32(6)51-40(63)25-30(2)3)45(67)55-42(34(8)61)47(69)50-22-20-41(64)59(29-39(48)62)27-36-28-60(57-56-36)24-16-21-49-9/h11-13,17-18,28,30-34,37-38,42,49,56-57,61H,10,14-16,19-27,29H2,1-9H3,(H2,48,62)(H,50,69)(H,51,63)(H,52,65)(H,53,68)(H,54,66)(H,55,67)/t32-,33-,34+,37-,38-,42?/m0/s1. The van der Waals surface area contributed by atoms with Gasteiger partial charge in [0, 0.05) is 44.6 Å². The third-order valence-electron chi connectivity index (χ3n) is 11.2. The summed E-state index contributed by atoms with van der Waals surface area (Å²) in [6.07, 6.45) is 2.51. The van der Waals surface area contributed by atoms with Crippen molar-refractivity contribution in [1.29, 1.82) is 0 Å². The van der Waals surface area contributed by atoms with Crippen LogP contribution in [0.3, 0.4) is 0 Å². The van der Waals surface area contributed by atoms with Crippen molar-refractivity contribution in [2.75, 3.05) is 52.9 Å². The summed E-state index contributed by atoms with van der Waals surface area (Å²) in [4.78, 5) is 109. The smallest absolute Gasteiger partial charge is 0.245 e. The summed E-state index contributed by atoms with van der Waals surface area (Å²) in [5.41, 5.74) is 12.7. The molecule has 0 bridgehead atoms. The number of aliphatic hydroxyl groups excluding tert-OH is 1. The lowest BCUT2D eigenvalue weighted by Crippen LogP contribution is -2.60. The van der Waals surface area contributed by atoms with Gasteiger partial charge in [0.1, 0.15) is 30.2 Å². The predicted molar refractivity (Wildman–Crippen MR) is 262 cm³/mol. The number of carbonyl (C=O) groups excluding carboxylic acids is 8. The number of aliphatic hydroxyl groups is 1. The zero-order chi connectivity index (χ0) is 51.6. The van der Waals surface area contributed by atoms with Gasteiger partial charge >= 0.3 is 0 Å². The van der Waals surface area contributed by atoms with E-state index < -0.39 is 77.7 Å². The molecule has 2 rings (SSSR count). The Kier molecular flexibility index (Phi) is 26.9. The molecular formula is C47H81N13O9. The third-order valence-corrected chi connectivity index (χ3v) is 11.2. The van der Waals surface area contributed by atoms with Crippen LogP contribution in [0.25, 0.3) is 0 Å². The number of rotatable bonds is 33. The van der Waals surface area contributed by atoms with Gasteiger partial charge in [0.15, 0.2) is 0 Å². The molecule has 1 aromatic carbocycles. The van der Waals surface area contributed by atoms with Crippen molar-refractivity contribution in [2.24, 2.45) is 11.7 Å². The molecule has 6 atom stereocenters. The average molecular weight is 972 g/mol. The van der Waals surface area contributed by atoms with Crippen LogP contribution in [-0.4, -0.2) is 162 Å². The lowest BCUT2D eigenvalue weighted by Gasteiger charge is -2.28. The Morgan fingerprint density at radius 1 is 0.768 bits per heavy atom. The van der Waals surface area contributed by atoms with Crippen LogP contribution in [0.1, 0.15) is 99.5 Å². The Morgan fingerprint density at radius 3 is 2.01 bits per heavy atom. The molecule has 8 amide bonds. The van der Waals surface area contributed by atoms with Gasteiger partial charge in [-0.2, -0.15) is 0 Å². The van der Waals surface area contributed by atoms with E-state index >= 15 is 0 Å². The molecule has 12 N–H and O–H groups in total. The minimum atomic E-state index is -1.50. The van der Waals surface area contributed by atoms with Gasteiger partial charge in [-0.1, -0.05) is 51.1 Å².